The summed E-state index contributed by atoms with van der Waals surface area (Å²) in [6.07, 6.45) is 1.89. The molecule has 5 heterocycles. The number of hydrogen-bond donors (Lipinski definition) is 1. The van der Waals surface area contributed by atoms with Crippen molar-refractivity contribution in [1.29, 1.82) is 0 Å². The van der Waals surface area contributed by atoms with Crippen LogP contribution in [0, 0.1) is 5.92 Å². The number of benzene rings is 6. The van der Waals surface area contributed by atoms with Crippen molar-refractivity contribution in [2.45, 2.75) is 63.2 Å². The lowest BCUT2D eigenvalue weighted by Gasteiger charge is -2.31. The molecule has 0 aliphatic carbocycles. The van der Waals surface area contributed by atoms with Gasteiger partial charge in [-0.25, -0.2) is 0 Å². The monoisotopic (exact) mass is 842 g/mol. The lowest BCUT2D eigenvalue weighted by atomic mass is 9.82. The molecule has 11 rings (SSSR count). The second-order valence-electron chi connectivity index (χ2n) is 17.4. The van der Waals surface area contributed by atoms with Gasteiger partial charge in [0.1, 0.15) is 0 Å². The lowest BCUT2D eigenvalue weighted by molar-refractivity contribution is -0.146. The van der Waals surface area contributed by atoms with Crippen molar-refractivity contribution < 1.29 is 28.3 Å². The van der Waals surface area contributed by atoms with Crippen LogP contribution in [0.15, 0.2) is 121 Å². The fourth-order valence-corrected chi connectivity index (χ4v) is 13.4. The molecule has 1 aromatic heterocycles. The van der Waals surface area contributed by atoms with Crippen LogP contribution < -0.4 is 14.7 Å². The van der Waals surface area contributed by atoms with Crippen molar-refractivity contribution in [2.24, 2.45) is 5.92 Å². The molecular weight excluding hydrogens is 800 g/mol. The quantitative estimate of drug-likeness (QED) is 0.108. The molecule has 1 spiro atoms. The molecule has 3 amide bonds. The number of aliphatic hydroxyl groups is 1. The summed E-state index contributed by atoms with van der Waals surface area (Å²) in [5, 5.41) is 21.6. The van der Waals surface area contributed by atoms with E-state index in [0.29, 0.717) is 58.8 Å². The van der Waals surface area contributed by atoms with E-state index in [0.717, 1.165) is 38.5 Å². The van der Waals surface area contributed by atoms with Crippen molar-refractivity contribution in [2.75, 3.05) is 21.3 Å². The number of aryl methyl sites for hydroxylation is 1. The van der Waals surface area contributed by atoms with Gasteiger partial charge in [0.25, 0.3) is 17.7 Å². The Morgan fingerprint density at radius 2 is 1.39 bits per heavy atom. The number of fused-ring (bicyclic) bond motifs is 2. The third-order valence-electron chi connectivity index (χ3n) is 13.4. The number of aromatic nitrogens is 3. The summed E-state index contributed by atoms with van der Waals surface area (Å²) in [5.41, 5.74) is 4.60. The Morgan fingerprint density at radius 3 is 2.02 bits per heavy atom. The molecule has 4 aliphatic heterocycles. The van der Waals surface area contributed by atoms with E-state index in [1.165, 1.54) is 0 Å². The maximum atomic E-state index is 16.9. The molecule has 7 aromatic rings. The minimum absolute atomic E-state index is 0.0517. The second-order valence-corrected chi connectivity index (χ2v) is 21.2. The number of aliphatic hydroxyl groups excluding tert-OH is 1. The molecule has 1 fully saturated rings. The number of hydrogen-bond acceptors (Lipinski definition) is 7. The van der Waals surface area contributed by atoms with Crippen LogP contribution in [0.25, 0.3) is 21.5 Å². The Bertz CT molecular complexity index is 3030. The molecule has 0 unspecified atom stereocenters. The van der Waals surface area contributed by atoms with Crippen molar-refractivity contribution in [3.8, 4) is 0 Å². The molecule has 0 bridgehead atoms. The number of carbonyl (C=O) groups excluding carboxylic acids is 3. The highest BCUT2D eigenvalue weighted by atomic mass is 28.4. The summed E-state index contributed by atoms with van der Waals surface area (Å²) < 4.78 is 25.7. The van der Waals surface area contributed by atoms with E-state index in [1.807, 2.05) is 122 Å². The van der Waals surface area contributed by atoms with Crippen LogP contribution in [0.1, 0.15) is 50.9 Å². The molecule has 62 heavy (non-hydrogen) atoms. The predicted octanol–water partition coefficient (Wildman–Crippen LogP) is 9.12. The first-order valence-corrected chi connectivity index (χ1v) is 24.1. The zero-order valence-electron chi connectivity index (χ0n) is 34.5. The Kier molecular flexibility index (Phi) is 8.66. The Hall–Kier alpha value is -6.54. The van der Waals surface area contributed by atoms with E-state index >= 15 is 8.90 Å². The number of rotatable bonds is 10. The molecule has 1 saturated heterocycles. The molecule has 6 aromatic carbocycles. The number of carbonyl (C=O) groups is 3. The first-order valence-electron chi connectivity index (χ1n) is 21.1. The van der Waals surface area contributed by atoms with Crippen molar-refractivity contribution >= 4 is 76.1 Å². The first kappa shape index (κ1) is 38.4. The predicted molar refractivity (Wildman–Crippen MR) is 238 cm³/mol. The Morgan fingerprint density at radius 1 is 0.774 bits per heavy atom. The molecule has 310 valence electrons. The van der Waals surface area contributed by atoms with Gasteiger partial charge < -0.3 is 18.9 Å². The van der Waals surface area contributed by atoms with Gasteiger partial charge in [-0.2, -0.15) is 0 Å². The number of nitrogens with zero attached hydrogens (tertiary/aromatic N) is 6. The SMILES string of the molecule is C[C@H]1[C@H]([Si](C)(C)F)[C@@H](CCn2cc(CCO)nn2)O[C@]12C(=O)N(Cc1cccc(N3C(=O)c4cccc5cccc3c45)c1)c1ccc(N3C(=O)c4cccc5cccc3c45)cc12. The van der Waals surface area contributed by atoms with E-state index in [4.69, 9.17) is 4.74 Å². The van der Waals surface area contributed by atoms with E-state index in [9.17, 15) is 14.7 Å². The molecule has 0 radical (unpaired) electrons. The Balaban J connectivity index is 1.00. The first-order chi connectivity index (χ1) is 30.0. The summed E-state index contributed by atoms with van der Waals surface area (Å²) in [6.45, 7) is 5.77. The summed E-state index contributed by atoms with van der Waals surface area (Å²) >= 11 is 0. The maximum absolute atomic E-state index is 16.9. The van der Waals surface area contributed by atoms with Crippen LogP contribution in [0.5, 0.6) is 0 Å². The van der Waals surface area contributed by atoms with E-state index in [-0.39, 0.29) is 30.9 Å². The minimum Gasteiger partial charge on any atom is -0.396 e. The highest BCUT2D eigenvalue weighted by molar-refractivity contribution is 6.72. The number of anilines is 5. The van der Waals surface area contributed by atoms with Gasteiger partial charge in [0.05, 0.1) is 46.5 Å². The molecule has 0 saturated carbocycles. The highest BCUT2D eigenvalue weighted by Gasteiger charge is 2.66. The van der Waals surface area contributed by atoms with Gasteiger partial charge in [0, 0.05) is 64.9 Å². The molecule has 11 nitrogen and oxygen atoms in total. The maximum Gasteiger partial charge on any atom is 0.264 e. The van der Waals surface area contributed by atoms with Crippen molar-refractivity contribution in [3.63, 3.8) is 0 Å². The van der Waals surface area contributed by atoms with Gasteiger partial charge in [0.2, 0.25) is 8.41 Å². The van der Waals surface area contributed by atoms with Gasteiger partial charge in [-0.3, -0.25) is 28.9 Å². The van der Waals surface area contributed by atoms with Crippen LogP contribution >= 0.6 is 0 Å². The molecule has 4 aliphatic rings. The standard InChI is InChI=1S/C49H43FN6O5Si/c1-29-45(62(2,3)50)42(21-23-53-28-33(22-24-57)51-52-53)61-49(29)38-26-35(56-41-18-8-13-32-11-6-16-37(44(32)41)47(56)59)19-20-39(38)54(48(49)60)27-30-9-4-14-34(25-30)55-40-17-7-12-31-10-5-15-36(43(31)40)46(55)58/h4-20,25-26,28-29,42,45,57H,21-24,27H2,1-3H3/t29-,42+,45-,49+/m0/s1. The average molecular weight is 843 g/mol. The van der Waals surface area contributed by atoms with E-state index < -0.39 is 31.6 Å². The lowest BCUT2D eigenvalue weighted by Crippen LogP contribution is -2.45. The topological polar surface area (TPSA) is 121 Å². The second kappa shape index (κ2) is 14.0. The smallest absolute Gasteiger partial charge is 0.264 e. The van der Waals surface area contributed by atoms with E-state index in [1.54, 1.807) is 38.7 Å². The zero-order chi connectivity index (χ0) is 42.7. The third-order valence-corrected chi connectivity index (χ3v) is 15.9. The minimum atomic E-state index is -3.51. The van der Waals surface area contributed by atoms with Gasteiger partial charge in [-0.15, -0.1) is 5.10 Å². The van der Waals surface area contributed by atoms with Gasteiger partial charge in [0.15, 0.2) is 5.60 Å². The summed E-state index contributed by atoms with van der Waals surface area (Å²) in [7, 11) is -3.51. The molecule has 1 N–H and O–H groups in total. The van der Waals surface area contributed by atoms with Gasteiger partial charge in [-0.1, -0.05) is 72.8 Å². The van der Waals surface area contributed by atoms with Crippen LogP contribution in [0.2, 0.25) is 18.6 Å². The van der Waals surface area contributed by atoms with Gasteiger partial charge >= 0.3 is 0 Å². The molecule has 13 heteroatoms. The summed E-state index contributed by atoms with van der Waals surface area (Å²) in [5.74, 6) is -1.16. The largest absolute Gasteiger partial charge is 0.396 e. The summed E-state index contributed by atoms with van der Waals surface area (Å²) in [4.78, 5) is 48.9. The van der Waals surface area contributed by atoms with Crippen LogP contribution in [0.4, 0.5) is 32.5 Å². The number of ether oxygens (including phenoxy) is 1. The number of halogens is 1. The fourth-order valence-electron chi connectivity index (χ4n) is 10.9. The van der Waals surface area contributed by atoms with Crippen LogP contribution in [-0.4, -0.2) is 58.9 Å². The van der Waals surface area contributed by atoms with E-state index in [2.05, 4.69) is 10.3 Å². The summed E-state index contributed by atoms with van der Waals surface area (Å²) in [6, 6.07) is 36.6. The highest BCUT2D eigenvalue weighted by Crippen LogP contribution is 2.61. The Labute approximate surface area is 358 Å². The number of amides is 3. The van der Waals surface area contributed by atoms with Gasteiger partial charge in [-0.05, 0) is 90.4 Å². The fraction of sp³-hybridized carbons (Fsp3) is 0.245. The third kappa shape index (κ3) is 5.57. The zero-order valence-corrected chi connectivity index (χ0v) is 35.5. The molecule has 4 atom stereocenters. The van der Waals surface area contributed by atoms with Crippen LogP contribution in [0.3, 0.4) is 0 Å². The van der Waals surface area contributed by atoms with Crippen LogP contribution in [-0.2, 0) is 34.6 Å². The van der Waals surface area contributed by atoms with Crippen molar-refractivity contribution in [3.05, 3.63) is 149 Å². The van der Waals surface area contributed by atoms with Crippen molar-refractivity contribution in [1.82, 2.24) is 15.0 Å². The average Bonchev–Trinajstić information content (AvgIpc) is 4.04. The normalized spacial score (nSPS) is 21.5. The molecular formula is C49H43FN6O5Si.